The number of H-pyrrole nitrogens is 1. The maximum absolute atomic E-state index is 13.3. The van der Waals surface area contributed by atoms with Crippen molar-refractivity contribution in [1.29, 1.82) is 0 Å². The number of hydrogen-bond acceptors (Lipinski definition) is 14. The quantitative estimate of drug-likeness (QED) is 0.198. The minimum atomic E-state index is -4.21. The zero-order valence-corrected chi connectivity index (χ0v) is 33.4. The Labute approximate surface area is 333 Å². The second-order valence-electron chi connectivity index (χ2n) is 15.0. The molecule has 2 N–H and O–H groups in total. The first-order valence-electron chi connectivity index (χ1n) is 19.2. The molecule has 1 atom stereocenters. The van der Waals surface area contributed by atoms with E-state index in [1.54, 1.807) is 25.4 Å². The molecule has 18 nitrogen and oxygen atoms in total. The van der Waals surface area contributed by atoms with E-state index in [1.165, 1.54) is 33.2 Å². The van der Waals surface area contributed by atoms with Crippen LogP contribution in [0.4, 0.5) is 36.3 Å². The van der Waals surface area contributed by atoms with Crippen molar-refractivity contribution in [3.63, 3.8) is 0 Å². The molecule has 4 aromatic rings. The van der Waals surface area contributed by atoms with E-state index in [0.29, 0.717) is 99.2 Å². The molecule has 4 aromatic heterocycles. The van der Waals surface area contributed by atoms with Gasteiger partial charge < -0.3 is 35.0 Å². The summed E-state index contributed by atoms with van der Waals surface area (Å²) in [6, 6.07) is 2.72. The van der Waals surface area contributed by atoms with Gasteiger partial charge in [0.25, 0.3) is 0 Å². The maximum atomic E-state index is 13.3. The molecule has 2 saturated heterocycles. The number of aromatic amines is 1. The summed E-state index contributed by atoms with van der Waals surface area (Å²) in [7, 11) is -2.41. The van der Waals surface area contributed by atoms with E-state index >= 15 is 0 Å². The molecule has 22 heteroatoms. The van der Waals surface area contributed by atoms with Crippen LogP contribution in [-0.2, 0) is 21.8 Å². The Kier molecular flexibility index (Phi) is 12.1. The standard InChI is InChI=1S/C36H48F3N12O6S/c1-24(31-22-44-35(46(31)2)51(52)53)50(58(3,54)55)26-16-29-30(40-19-26)17-32(49-12-14-56-15-13-49)45-33(29)57-28-6-4-25(5-7-28)18-41-34-42-20-27(21-43-34)48-10-8-47(9-11-48)23-36(37,38)39/h16-17,19-22,24-25,28,44H,4-15,18,23H2,1-3H3,(H-,41,42,43,52,53)/q-1. The minimum absolute atomic E-state index is 0.160. The van der Waals surface area contributed by atoms with E-state index in [9.17, 15) is 32.0 Å². The van der Waals surface area contributed by atoms with E-state index in [4.69, 9.17) is 19.4 Å². The molecule has 2 aliphatic heterocycles. The Morgan fingerprint density at radius 3 is 2.33 bits per heavy atom. The summed E-state index contributed by atoms with van der Waals surface area (Å²) in [5.41, 5.74) is 1.70. The van der Waals surface area contributed by atoms with Gasteiger partial charge in [0.05, 0.1) is 86.2 Å². The van der Waals surface area contributed by atoms with Crippen LogP contribution in [0, 0.1) is 16.3 Å². The SMILES string of the molecule is CC(c1c[nH]c(=[N+]([O-])[O-])n1C)N(c1cnc2cc(N3CCOCC3)nc(OC3CCC(CNc4ncc(N5CCN(CC(F)(F)F)CC5)cn4)CC3)c2c1)S(C)(=O)=O. The van der Waals surface area contributed by atoms with Gasteiger partial charge in [0.2, 0.25) is 21.9 Å². The van der Waals surface area contributed by atoms with Crippen molar-refractivity contribution in [2.45, 2.75) is 50.9 Å². The predicted octanol–water partition coefficient (Wildman–Crippen LogP) is 2.95. The molecule has 1 aliphatic carbocycles. The summed E-state index contributed by atoms with van der Waals surface area (Å²) in [6.45, 7) is 5.38. The van der Waals surface area contributed by atoms with Crippen molar-refractivity contribution in [1.82, 2.24) is 39.3 Å². The molecule has 0 spiro atoms. The number of alkyl halides is 3. The molecule has 0 radical (unpaired) electrons. The molecular weight excluding hydrogens is 786 g/mol. The Hall–Kier alpha value is -5.09. The van der Waals surface area contributed by atoms with Crippen molar-refractivity contribution in [2.24, 2.45) is 13.0 Å². The third-order valence-electron chi connectivity index (χ3n) is 11.0. The maximum Gasteiger partial charge on any atom is 0.401 e. The number of nitrogens with zero attached hydrogens (tertiary/aromatic N) is 10. The average Bonchev–Trinajstić information content (AvgIpc) is 3.59. The number of aromatic nitrogens is 6. The Bertz CT molecular complexity index is 2210. The lowest BCUT2D eigenvalue weighted by Crippen LogP contribution is -2.49. The molecule has 1 unspecified atom stereocenters. The number of pyridine rings is 2. The van der Waals surface area contributed by atoms with Gasteiger partial charge in [0.15, 0.2) is 0 Å². The topological polar surface area (TPSA) is 199 Å². The highest BCUT2D eigenvalue weighted by Gasteiger charge is 2.33. The van der Waals surface area contributed by atoms with Gasteiger partial charge in [0.1, 0.15) is 17.6 Å². The summed E-state index contributed by atoms with van der Waals surface area (Å²) in [5.74, 6) is 1.84. The number of fused-ring (bicyclic) bond motifs is 1. The van der Waals surface area contributed by atoms with E-state index in [2.05, 4.69) is 25.2 Å². The van der Waals surface area contributed by atoms with Gasteiger partial charge in [-0.15, -0.1) is 0 Å². The van der Waals surface area contributed by atoms with Gasteiger partial charge >= 0.3 is 11.8 Å². The fourth-order valence-electron chi connectivity index (χ4n) is 7.93. The highest BCUT2D eigenvalue weighted by atomic mass is 32.2. The molecule has 3 aliphatic rings. The van der Waals surface area contributed by atoms with Crippen LogP contribution < -0.4 is 34.7 Å². The van der Waals surface area contributed by atoms with Crippen LogP contribution in [0.25, 0.3) is 10.9 Å². The second kappa shape index (κ2) is 17.0. The predicted molar refractivity (Wildman–Crippen MR) is 212 cm³/mol. The van der Waals surface area contributed by atoms with Crippen LogP contribution in [0.5, 0.6) is 5.88 Å². The summed E-state index contributed by atoms with van der Waals surface area (Å²) < 4.78 is 79.7. The fourth-order valence-corrected chi connectivity index (χ4v) is 9.09. The van der Waals surface area contributed by atoms with Crippen LogP contribution in [0.15, 0.2) is 36.9 Å². The molecule has 0 bridgehead atoms. The number of imidazole rings is 1. The number of piperazine rings is 1. The summed E-state index contributed by atoms with van der Waals surface area (Å²) >= 11 is 0. The largest absolute Gasteiger partial charge is 0.744 e. The van der Waals surface area contributed by atoms with Gasteiger partial charge in [-0.1, -0.05) is 0 Å². The van der Waals surface area contributed by atoms with E-state index in [-0.39, 0.29) is 17.4 Å². The average molecular weight is 834 g/mol. The second-order valence-corrected chi connectivity index (χ2v) is 16.9. The van der Waals surface area contributed by atoms with Crippen LogP contribution in [-0.4, -0.2) is 127 Å². The summed E-state index contributed by atoms with van der Waals surface area (Å²) in [5, 5.41) is 26.9. The molecular formula is C36H48F3N12O6S-. The van der Waals surface area contributed by atoms with Crippen LogP contribution in [0.1, 0.15) is 44.3 Å². The summed E-state index contributed by atoms with van der Waals surface area (Å²) in [6.07, 6.45) is 6.24. The van der Waals surface area contributed by atoms with Crippen molar-refractivity contribution in [3.05, 3.63) is 58.6 Å². The lowest BCUT2D eigenvalue weighted by Gasteiger charge is -2.35. The molecule has 1 saturated carbocycles. The van der Waals surface area contributed by atoms with E-state index < -0.39 is 33.7 Å². The molecule has 3 fully saturated rings. The van der Waals surface area contributed by atoms with Crippen LogP contribution in [0.3, 0.4) is 0 Å². The zero-order valence-electron chi connectivity index (χ0n) is 32.6. The highest BCUT2D eigenvalue weighted by molar-refractivity contribution is 7.92. The van der Waals surface area contributed by atoms with Gasteiger partial charge in [0, 0.05) is 51.9 Å². The lowest BCUT2D eigenvalue weighted by molar-refractivity contribution is -0.146. The number of morpholine rings is 1. The number of rotatable bonds is 12. The number of nitrogens with one attached hydrogen (secondary N) is 2. The van der Waals surface area contributed by atoms with Crippen LogP contribution in [0.2, 0.25) is 0 Å². The third-order valence-corrected chi connectivity index (χ3v) is 12.2. The molecule has 58 heavy (non-hydrogen) atoms. The van der Waals surface area contributed by atoms with Crippen molar-refractivity contribution < 1.29 is 31.1 Å². The van der Waals surface area contributed by atoms with Gasteiger partial charge in [-0.3, -0.25) is 19.1 Å². The van der Waals surface area contributed by atoms with Crippen molar-refractivity contribution >= 4 is 44.1 Å². The molecule has 0 amide bonds. The molecule has 6 heterocycles. The lowest BCUT2D eigenvalue weighted by atomic mass is 9.87. The first kappa shape index (κ1) is 41.1. The number of hydrogen-bond donors (Lipinski definition) is 2. The monoisotopic (exact) mass is 833 g/mol. The van der Waals surface area contributed by atoms with Crippen molar-refractivity contribution in [3.8, 4) is 5.88 Å². The minimum Gasteiger partial charge on any atom is -0.744 e. The van der Waals surface area contributed by atoms with Gasteiger partial charge in [-0.25, -0.2) is 27.9 Å². The Morgan fingerprint density at radius 1 is 1.02 bits per heavy atom. The number of sulfonamides is 1. The normalized spacial score (nSPS) is 20.2. The summed E-state index contributed by atoms with van der Waals surface area (Å²) in [4.78, 5) is 26.1. The van der Waals surface area contributed by atoms with Gasteiger partial charge in [-0.05, 0) is 44.6 Å². The van der Waals surface area contributed by atoms with Gasteiger partial charge in [-0.2, -0.15) is 18.2 Å². The highest BCUT2D eigenvalue weighted by Crippen LogP contribution is 2.36. The molecule has 316 valence electrons. The Balaban J connectivity index is 1.03. The Morgan fingerprint density at radius 2 is 1.71 bits per heavy atom. The first-order valence-corrected chi connectivity index (χ1v) is 21.1. The molecule has 0 aromatic carbocycles. The number of halogens is 3. The fraction of sp³-hybridized carbons (Fsp3) is 0.583. The van der Waals surface area contributed by atoms with E-state index in [0.717, 1.165) is 37.6 Å². The van der Waals surface area contributed by atoms with Crippen molar-refractivity contribution in [2.75, 3.05) is 91.2 Å². The first-order chi connectivity index (χ1) is 27.6. The van der Waals surface area contributed by atoms with Crippen LogP contribution >= 0.6 is 0 Å². The van der Waals surface area contributed by atoms with E-state index in [1.807, 2.05) is 11.0 Å². The zero-order chi connectivity index (χ0) is 41.2. The number of anilines is 4. The molecule has 7 rings (SSSR count). The third kappa shape index (κ3) is 9.60. The number of ether oxygens (including phenoxy) is 2. The smallest absolute Gasteiger partial charge is 0.401 e.